The Hall–Kier alpha value is -1.32. The highest BCUT2D eigenvalue weighted by molar-refractivity contribution is 5.93. The molecule has 3 atom stereocenters. The minimum atomic E-state index is 0.216. The smallest absolute Gasteiger partial charge is 0.0964 e. The fraction of sp³-hybridized carbons (Fsp3) is 0.600. The molecule has 2 fully saturated rings. The van der Waals surface area contributed by atoms with Crippen molar-refractivity contribution in [3.63, 3.8) is 0 Å². The topological polar surface area (TPSA) is 50.4 Å². The van der Waals surface area contributed by atoms with Gasteiger partial charge in [0.15, 0.2) is 0 Å². The number of nitrogens with zero attached hydrogens (tertiary/aromatic N) is 3. The second-order valence-electron chi connectivity index (χ2n) is 4.23. The summed E-state index contributed by atoms with van der Waals surface area (Å²) < 4.78 is 1.93. The average molecular weight is 191 g/mol. The summed E-state index contributed by atoms with van der Waals surface area (Å²) in [5, 5.41) is 16.7. The predicted molar refractivity (Wildman–Crippen MR) is 51.3 cm³/mol. The average Bonchev–Trinajstić information content (AvgIpc) is 2.92. The first kappa shape index (κ1) is 8.03. The zero-order valence-corrected chi connectivity index (χ0v) is 7.87. The van der Waals surface area contributed by atoms with E-state index in [1.54, 1.807) is 6.20 Å². The zero-order chi connectivity index (χ0) is 9.54. The van der Waals surface area contributed by atoms with Gasteiger partial charge in [-0.05, 0) is 31.2 Å². The lowest BCUT2D eigenvalue weighted by Crippen LogP contribution is -2.26. The molecule has 1 aromatic heterocycles. The summed E-state index contributed by atoms with van der Waals surface area (Å²) in [5.41, 5.74) is 0.935. The van der Waals surface area contributed by atoms with Gasteiger partial charge in [-0.25, -0.2) is 0 Å². The number of hydrogen-bond donors (Lipinski definition) is 1. The molecule has 1 heterocycles. The van der Waals surface area contributed by atoms with Crippen LogP contribution in [0.1, 0.15) is 25.3 Å². The van der Waals surface area contributed by atoms with E-state index in [1.165, 1.54) is 19.3 Å². The fourth-order valence-electron chi connectivity index (χ4n) is 2.99. The zero-order valence-electron chi connectivity index (χ0n) is 7.87. The van der Waals surface area contributed by atoms with Gasteiger partial charge in [0.25, 0.3) is 0 Å². The quantitative estimate of drug-likeness (QED) is 0.542. The molecule has 0 spiro atoms. The Balaban J connectivity index is 2.00. The third kappa shape index (κ3) is 0.937. The lowest BCUT2D eigenvalue weighted by atomic mass is 9.93. The van der Waals surface area contributed by atoms with Gasteiger partial charge in [0.1, 0.15) is 0 Å². The molecule has 74 valence electrons. The first-order chi connectivity index (χ1) is 6.90. The van der Waals surface area contributed by atoms with Gasteiger partial charge in [0.05, 0.1) is 11.8 Å². The molecule has 0 aliphatic heterocycles. The van der Waals surface area contributed by atoms with Crippen molar-refractivity contribution in [1.82, 2.24) is 9.78 Å². The monoisotopic (exact) mass is 191 g/mol. The van der Waals surface area contributed by atoms with Crippen molar-refractivity contribution >= 4 is 5.71 Å². The molecular weight excluding hydrogens is 178 g/mol. The van der Waals surface area contributed by atoms with Gasteiger partial charge in [-0.3, -0.25) is 4.68 Å². The van der Waals surface area contributed by atoms with E-state index in [-0.39, 0.29) is 6.04 Å². The van der Waals surface area contributed by atoms with Crippen molar-refractivity contribution in [2.75, 3.05) is 0 Å². The van der Waals surface area contributed by atoms with Crippen LogP contribution >= 0.6 is 0 Å². The Bertz CT molecular complexity index is 357. The highest BCUT2D eigenvalue weighted by Gasteiger charge is 2.46. The summed E-state index contributed by atoms with van der Waals surface area (Å²) in [4.78, 5) is 0. The number of aromatic nitrogens is 2. The van der Waals surface area contributed by atoms with Crippen LogP contribution in [0.5, 0.6) is 0 Å². The summed E-state index contributed by atoms with van der Waals surface area (Å²) in [6.45, 7) is 0. The maximum absolute atomic E-state index is 9.00. The molecular formula is C10H13N3O. The summed E-state index contributed by atoms with van der Waals surface area (Å²) >= 11 is 0. The van der Waals surface area contributed by atoms with Gasteiger partial charge in [0.2, 0.25) is 0 Å². The molecule has 2 bridgehead atoms. The predicted octanol–water partition coefficient (Wildman–Crippen LogP) is 1.68. The van der Waals surface area contributed by atoms with Crippen molar-refractivity contribution in [2.45, 2.75) is 25.3 Å². The highest BCUT2D eigenvalue weighted by Crippen LogP contribution is 2.48. The van der Waals surface area contributed by atoms with E-state index >= 15 is 0 Å². The molecule has 1 aromatic rings. The van der Waals surface area contributed by atoms with Crippen LogP contribution in [-0.2, 0) is 0 Å². The molecule has 2 aliphatic rings. The minimum Gasteiger partial charge on any atom is -0.411 e. The van der Waals surface area contributed by atoms with Crippen molar-refractivity contribution in [1.29, 1.82) is 0 Å². The van der Waals surface area contributed by atoms with E-state index in [1.807, 2.05) is 16.9 Å². The minimum absolute atomic E-state index is 0.216. The first-order valence-corrected chi connectivity index (χ1v) is 5.11. The van der Waals surface area contributed by atoms with Crippen LogP contribution in [0.3, 0.4) is 0 Å². The van der Waals surface area contributed by atoms with Crippen LogP contribution in [0.4, 0.5) is 0 Å². The number of rotatable bonds is 1. The Labute approximate surface area is 82.2 Å². The Morgan fingerprint density at radius 1 is 1.50 bits per heavy atom. The summed E-state index contributed by atoms with van der Waals surface area (Å²) in [5.74, 6) is 1.13. The molecule has 14 heavy (non-hydrogen) atoms. The standard InChI is InChI=1S/C10H13N3O/c14-12-9-7-2-3-8(6-7)10(9)13-5-1-4-11-13/h1,4-5,7-8,10,14H,2-3,6H2/b12-9+/t7-,8+,10-/m0/s1. The maximum atomic E-state index is 9.00. The van der Waals surface area contributed by atoms with Crippen LogP contribution < -0.4 is 0 Å². The van der Waals surface area contributed by atoms with Gasteiger partial charge < -0.3 is 5.21 Å². The van der Waals surface area contributed by atoms with Crippen LogP contribution in [0.25, 0.3) is 0 Å². The maximum Gasteiger partial charge on any atom is 0.0964 e. The van der Waals surface area contributed by atoms with Gasteiger partial charge in [0, 0.05) is 18.3 Å². The lowest BCUT2D eigenvalue weighted by molar-refractivity contribution is 0.305. The van der Waals surface area contributed by atoms with Gasteiger partial charge in [-0.1, -0.05) is 5.16 Å². The number of oxime groups is 1. The van der Waals surface area contributed by atoms with Crippen molar-refractivity contribution in [3.8, 4) is 0 Å². The molecule has 3 rings (SSSR count). The normalized spacial score (nSPS) is 38.3. The largest absolute Gasteiger partial charge is 0.411 e. The van der Waals surface area contributed by atoms with E-state index in [4.69, 9.17) is 5.21 Å². The van der Waals surface area contributed by atoms with E-state index < -0.39 is 0 Å². The SMILES string of the molecule is O/N=C1\[C@H]2CC[C@H](C2)[C@@H]1n1cccn1. The molecule has 0 unspecified atom stereocenters. The molecule has 0 saturated heterocycles. The summed E-state index contributed by atoms with van der Waals surface area (Å²) in [6.07, 6.45) is 7.33. The van der Waals surface area contributed by atoms with Gasteiger partial charge in [-0.2, -0.15) is 5.10 Å². The van der Waals surface area contributed by atoms with Crippen LogP contribution in [0, 0.1) is 11.8 Å². The van der Waals surface area contributed by atoms with Crippen molar-refractivity contribution in [2.24, 2.45) is 17.0 Å². The molecule has 2 aliphatic carbocycles. The first-order valence-electron chi connectivity index (χ1n) is 5.11. The molecule has 0 amide bonds. The Kier molecular flexibility index (Phi) is 1.63. The van der Waals surface area contributed by atoms with E-state index in [2.05, 4.69) is 10.3 Å². The van der Waals surface area contributed by atoms with Crippen LogP contribution in [0.2, 0.25) is 0 Å². The molecule has 0 radical (unpaired) electrons. The Morgan fingerprint density at radius 2 is 2.43 bits per heavy atom. The van der Waals surface area contributed by atoms with Gasteiger partial charge >= 0.3 is 0 Å². The molecule has 0 aromatic carbocycles. The van der Waals surface area contributed by atoms with Crippen LogP contribution in [-0.4, -0.2) is 20.7 Å². The summed E-state index contributed by atoms with van der Waals surface area (Å²) in [7, 11) is 0. The molecule has 2 saturated carbocycles. The number of fused-ring (bicyclic) bond motifs is 2. The third-order valence-corrected chi connectivity index (χ3v) is 3.57. The summed E-state index contributed by atoms with van der Waals surface area (Å²) in [6, 6.07) is 2.13. The molecule has 4 nitrogen and oxygen atoms in total. The Morgan fingerprint density at radius 3 is 3.14 bits per heavy atom. The van der Waals surface area contributed by atoms with Crippen molar-refractivity contribution < 1.29 is 5.21 Å². The van der Waals surface area contributed by atoms with Gasteiger partial charge in [-0.15, -0.1) is 0 Å². The third-order valence-electron chi connectivity index (χ3n) is 3.57. The fourth-order valence-corrected chi connectivity index (χ4v) is 2.99. The second-order valence-corrected chi connectivity index (χ2v) is 4.23. The van der Waals surface area contributed by atoms with Crippen molar-refractivity contribution in [3.05, 3.63) is 18.5 Å². The highest BCUT2D eigenvalue weighted by atomic mass is 16.4. The second kappa shape index (κ2) is 2.83. The number of hydrogen-bond acceptors (Lipinski definition) is 3. The van der Waals surface area contributed by atoms with E-state index in [9.17, 15) is 0 Å². The van der Waals surface area contributed by atoms with E-state index in [0.717, 1.165) is 5.71 Å². The lowest BCUT2D eigenvalue weighted by Gasteiger charge is -2.22. The van der Waals surface area contributed by atoms with E-state index in [0.29, 0.717) is 11.8 Å². The van der Waals surface area contributed by atoms with Crippen LogP contribution in [0.15, 0.2) is 23.6 Å². The molecule has 4 heteroatoms. The molecule has 1 N–H and O–H groups in total.